The maximum atomic E-state index is 11.8. The highest BCUT2D eigenvalue weighted by atomic mass is 16.3. The Labute approximate surface area is 140 Å². The normalized spacial score (nSPS) is 20.1. The summed E-state index contributed by atoms with van der Waals surface area (Å²) in [5, 5.41) is 0. The lowest BCUT2D eigenvalue weighted by molar-refractivity contribution is -0.119. The van der Waals surface area contributed by atoms with Crippen molar-refractivity contribution in [3.05, 3.63) is 60.0 Å². The minimum Gasteiger partial charge on any atom is -0.439 e. The zero-order valence-corrected chi connectivity index (χ0v) is 13.5. The molecule has 2 N–H and O–H groups in total. The minimum atomic E-state index is -0.268. The van der Waals surface area contributed by atoms with E-state index in [0.717, 1.165) is 22.4 Å². The summed E-state index contributed by atoms with van der Waals surface area (Å²) >= 11 is 0. The molecule has 122 valence electrons. The summed E-state index contributed by atoms with van der Waals surface area (Å²) in [5.74, 6) is 0.169. The van der Waals surface area contributed by atoms with Crippen molar-refractivity contribution in [1.29, 1.82) is 0 Å². The Hall–Kier alpha value is -2.82. The summed E-state index contributed by atoms with van der Waals surface area (Å²) in [4.78, 5) is 18.6. The van der Waals surface area contributed by atoms with Crippen molar-refractivity contribution in [2.75, 3.05) is 4.90 Å². The SMILES string of the molecule is C[C@@H]1C[C@H](C(N)=O)c2ccccc2N1Cc1nc2ccccc2o1. The van der Waals surface area contributed by atoms with Gasteiger partial charge in [-0.25, -0.2) is 4.98 Å². The molecule has 0 bridgehead atoms. The molecule has 0 aliphatic carbocycles. The number of carbonyl (C=O) groups excluding carboxylic acids is 1. The van der Waals surface area contributed by atoms with Gasteiger partial charge in [-0.3, -0.25) is 4.79 Å². The van der Waals surface area contributed by atoms with Gasteiger partial charge in [-0.2, -0.15) is 0 Å². The zero-order valence-electron chi connectivity index (χ0n) is 13.5. The maximum absolute atomic E-state index is 11.8. The van der Waals surface area contributed by atoms with Crippen LogP contribution in [0.15, 0.2) is 52.9 Å². The molecule has 3 aromatic rings. The van der Waals surface area contributed by atoms with E-state index in [-0.39, 0.29) is 17.9 Å². The first-order chi connectivity index (χ1) is 11.6. The number of oxazole rings is 1. The topological polar surface area (TPSA) is 72.4 Å². The van der Waals surface area contributed by atoms with Gasteiger partial charge in [0.2, 0.25) is 11.8 Å². The van der Waals surface area contributed by atoms with Gasteiger partial charge in [0.15, 0.2) is 5.58 Å². The molecule has 0 radical (unpaired) electrons. The Morgan fingerprint density at radius 3 is 2.79 bits per heavy atom. The van der Waals surface area contributed by atoms with Crippen LogP contribution in [0.25, 0.3) is 11.1 Å². The van der Waals surface area contributed by atoms with E-state index in [4.69, 9.17) is 10.2 Å². The summed E-state index contributed by atoms with van der Waals surface area (Å²) in [5.41, 5.74) is 9.27. The summed E-state index contributed by atoms with van der Waals surface area (Å²) < 4.78 is 5.86. The number of para-hydroxylation sites is 3. The third kappa shape index (κ3) is 2.42. The number of carbonyl (C=O) groups is 1. The first kappa shape index (κ1) is 14.8. The molecule has 0 spiro atoms. The fourth-order valence-electron chi connectivity index (χ4n) is 3.52. The quantitative estimate of drug-likeness (QED) is 0.804. The van der Waals surface area contributed by atoms with Crippen molar-refractivity contribution >= 4 is 22.7 Å². The molecule has 1 aromatic heterocycles. The average Bonchev–Trinajstić information content (AvgIpc) is 2.99. The number of aromatic nitrogens is 1. The second kappa shape index (κ2) is 5.67. The molecular weight excluding hydrogens is 302 g/mol. The molecular formula is C19H19N3O2. The van der Waals surface area contributed by atoms with E-state index in [2.05, 4.69) is 16.8 Å². The fourth-order valence-corrected chi connectivity index (χ4v) is 3.52. The van der Waals surface area contributed by atoms with Gasteiger partial charge in [-0.15, -0.1) is 0 Å². The van der Waals surface area contributed by atoms with Crippen LogP contribution in [-0.4, -0.2) is 16.9 Å². The number of benzene rings is 2. The molecule has 1 amide bonds. The number of anilines is 1. The van der Waals surface area contributed by atoms with E-state index < -0.39 is 0 Å². The van der Waals surface area contributed by atoms with Gasteiger partial charge in [0.05, 0.1) is 12.5 Å². The number of fused-ring (bicyclic) bond motifs is 2. The molecule has 0 unspecified atom stereocenters. The van der Waals surface area contributed by atoms with Gasteiger partial charge in [0.25, 0.3) is 0 Å². The molecule has 4 rings (SSSR count). The minimum absolute atomic E-state index is 0.174. The van der Waals surface area contributed by atoms with Gasteiger partial charge in [-0.05, 0) is 37.1 Å². The van der Waals surface area contributed by atoms with E-state index in [0.29, 0.717) is 18.9 Å². The molecule has 2 aromatic carbocycles. The van der Waals surface area contributed by atoms with E-state index >= 15 is 0 Å². The largest absolute Gasteiger partial charge is 0.439 e. The van der Waals surface area contributed by atoms with Gasteiger partial charge in [0, 0.05) is 11.7 Å². The third-order valence-corrected chi connectivity index (χ3v) is 4.72. The number of amides is 1. The Bertz CT molecular complexity index is 869. The molecule has 2 atom stereocenters. The molecule has 0 fully saturated rings. The van der Waals surface area contributed by atoms with Crippen molar-refractivity contribution in [3.8, 4) is 0 Å². The number of nitrogens with two attached hydrogens (primary N) is 1. The highest BCUT2D eigenvalue weighted by Gasteiger charge is 2.33. The Kier molecular flexibility index (Phi) is 3.49. The predicted octanol–water partition coefficient (Wildman–Crippen LogP) is 3.20. The van der Waals surface area contributed by atoms with Crippen molar-refractivity contribution in [2.45, 2.75) is 31.8 Å². The number of primary amides is 1. The number of nitrogens with zero attached hydrogens (tertiary/aromatic N) is 2. The monoisotopic (exact) mass is 321 g/mol. The van der Waals surface area contributed by atoms with Crippen LogP contribution in [0.3, 0.4) is 0 Å². The highest BCUT2D eigenvalue weighted by Crippen LogP contribution is 2.39. The van der Waals surface area contributed by atoms with Gasteiger partial charge < -0.3 is 15.1 Å². The fraction of sp³-hybridized carbons (Fsp3) is 0.263. The number of hydrogen-bond donors (Lipinski definition) is 1. The zero-order chi connectivity index (χ0) is 16.7. The molecule has 1 aliphatic rings. The molecule has 0 saturated carbocycles. The summed E-state index contributed by atoms with van der Waals surface area (Å²) in [6.45, 7) is 2.67. The lowest BCUT2D eigenvalue weighted by Gasteiger charge is -2.39. The van der Waals surface area contributed by atoms with E-state index in [9.17, 15) is 4.79 Å². The summed E-state index contributed by atoms with van der Waals surface area (Å²) in [6.07, 6.45) is 0.701. The average molecular weight is 321 g/mol. The molecule has 0 saturated heterocycles. The number of hydrogen-bond acceptors (Lipinski definition) is 4. The third-order valence-electron chi connectivity index (χ3n) is 4.72. The molecule has 5 nitrogen and oxygen atoms in total. The van der Waals surface area contributed by atoms with Gasteiger partial charge in [-0.1, -0.05) is 30.3 Å². The molecule has 1 aliphatic heterocycles. The predicted molar refractivity (Wildman–Crippen MR) is 92.6 cm³/mol. The Balaban J connectivity index is 1.71. The lowest BCUT2D eigenvalue weighted by atomic mass is 9.85. The molecule has 5 heteroatoms. The van der Waals surface area contributed by atoms with Crippen molar-refractivity contribution < 1.29 is 9.21 Å². The Morgan fingerprint density at radius 2 is 2.00 bits per heavy atom. The van der Waals surface area contributed by atoms with Crippen LogP contribution in [0.2, 0.25) is 0 Å². The molecule has 24 heavy (non-hydrogen) atoms. The van der Waals surface area contributed by atoms with Gasteiger partial charge in [0.1, 0.15) is 5.52 Å². The number of rotatable bonds is 3. The van der Waals surface area contributed by atoms with Crippen LogP contribution in [-0.2, 0) is 11.3 Å². The first-order valence-corrected chi connectivity index (χ1v) is 8.13. The van der Waals surface area contributed by atoms with Crippen LogP contribution in [0.1, 0.15) is 30.7 Å². The second-order valence-corrected chi connectivity index (χ2v) is 6.30. The van der Waals surface area contributed by atoms with Crippen LogP contribution in [0, 0.1) is 0 Å². The first-order valence-electron chi connectivity index (χ1n) is 8.13. The maximum Gasteiger partial charge on any atom is 0.225 e. The van der Waals surface area contributed by atoms with Crippen LogP contribution >= 0.6 is 0 Å². The van der Waals surface area contributed by atoms with Gasteiger partial charge >= 0.3 is 0 Å². The van der Waals surface area contributed by atoms with E-state index in [1.807, 2.05) is 48.5 Å². The van der Waals surface area contributed by atoms with Crippen molar-refractivity contribution in [2.24, 2.45) is 5.73 Å². The van der Waals surface area contributed by atoms with Crippen LogP contribution in [0.5, 0.6) is 0 Å². The van der Waals surface area contributed by atoms with Crippen molar-refractivity contribution in [3.63, 3.8) is 0 Å². The smallest absolute Gasteiger partial charge is 0.225 e. The lowest BCUT2D eigenvalue weighted by Crippen LogP contribution is -2.41. The standard InChI is InChI=1S/C19H19N3O2/c1-12-10-14(19(20)23)13-6-2-4-8-16(13)22(12)11-18-21-15-7-3-5-9-17(15)24-18/h2-9,12,14H,10-11H2,1H3,(H2,20,23)/t12-,14+/m1/s1. The van der Waals surface area contributed by atoms with E-state index in [1.165, 1.54) is 0 Å². The highest BCUT2D eigenvalue weighted by molar-refractivity contribution is 5.85. The van der Waals surface area contributed by atoms with Crippen LogP contribution < -0.4 is 10.6 Å². The summed E-state index contributed by atoms with van der Waals surface area (Å²) in [7, 11) is 0. The molecule has 2 heterocycles. The Morgan fingerprint density at radius 1 is 1.25 bits per heavy atom. The summed E-state index contributed by atoms with van der Waals surface area (Å²) in [6, 6.07) is 15.9. The van der Waals surface area contributed by atoms with E-state index in [1.54, 1.807) is 0 Å². The van der Waals surface area contributed by atoms with Crippen molar-refractivity contribution in [1.82, 2.24) is 4.98 Å². The second-order valence-electron chi connectivity index (χ2n) is 6.30. The van der Waals surface area contributed by atoms with Crippen LogP contribution in [0.4, 0.5) is 5.69 Å².